The van der Waals surface area contributed by atoms with Gasteiger partial charge in [-0.1, -0.05) is 25.9 Å². The van der Waals surface area contributed by atoms with E-state index in [0.29, 0.717) is 6.61 Å². The molecule has 0 amide bonds. The molecule has 1 aromatic heterocycles. The van der Waals surface area contributed by atoms with Crippen LogP contribution in [0.25, 0.3) is 0 Å². The Morgan fingerprint density at radius 2 is 1.89 bits per heavy atom. The van der Waals surface area contributed by atoms with Crippen LogP contribution in [0.4, 0.5) is 0 Å². The molecule has 1 heterocycles. The average Bonchev–Trinajstić information content (AvgIpc) is 3.02. The van der Waals surface area contributed by atoms with E-state index in [0.717, 1.165) is 43.8 Å². The van der Waals surface area contributed by atoms with Crippen molar-refractivity contribution in [3.05, 3.63) is 11.7 Å². The van der Waals surface area contributed by atoms with Gasteiger partial charge >= 0.3 is 0 Å². The van der Waals surface area contributed by atoms with E-state index in [1.54, 1.807) is 0 Å². The lowest BCUT2D eigenvalue weighted by molar-refractivity contribution is 0.133. The van der Waals surface area contributed by atoms with Crippen molar-refractivity contribution in [2.24, 2.45) is 5.41 Å². The standard InChI is InChI=1S/C14H22N2O2/c1-12(2,3)10-15-11(18-16-10)14-6-4-13(8-14,9-17)5-7-14/h17H,4-9H2,1-3H3. The minimum absolute atomic E-state index is 0.0548. The van der Waals surface area contributed by atoms with Crippen LogP contribution in [-0.4, -0.2) is 21.9 Å². The molecule has 4 heteroatoms. The predicted octanol–water partition coefficient (Wildman–Crippen LogP) is 2.56. The van der Waals surface area contributed by atoms with Crippen molar-refractivity contribution in [1.82, 2.24) is 10.1 Å². The van der Waals surface area contributed by atoms with Crippen LogP contribution in [0.2, 0.25) is 0 Å². The molecule has 0 radical (unpaired) electrons. The summed E-state index contributed by atoms with van der Waals surface area (Å²) in [6.07, 6.45) is 5.37. The minimum atomic E-state index is -0.0658. The van der Waals surface area contributed by atoms with Gasteiger partial charge in [-0.05, 0) is 37.5 Å². The Bertz CT molecular complexity index is 451. The van der Waals surface area contributed by atoms with E-state index in [4.69, 9.17) is 4.52 Å². The van der Waals surface area contributed by atoms with Gasteiger partial charge < -0.3 is 9.63 Å². The van der Waals surface area contributed by atoms with Gasteiger partial charge in [-0.15, -0.1) is 0 Å². The van der Waals surface area contributed by atoms with Crippen LogP contribution in [-0.2, 0) is 10.8 Å². The molecule has 0 atom stereocenters. The van der Waals surface area contributed by atoms with Gasteiger partial charge in [0, 0.05) is 12.0 Å². The Balaban J connectivity index is 1.91. The van der Waals surface area contributed by atoms with Crippen LogP contribution >= 0.6 is 0 Å². The van der Waals surface area contributed by atoms with Crippen molar-refractivity contribution in [2.45, 2.75) is 63.7 Å². The molecule has 0 unspecified atom stereocenters. The van der Waals surface area contributed by atoms with Crippen LogP contribution in [0.1, 0.15) is 64.6 Å². The lowest BCUT2D eigenvalue weighted by atomic mass is 9.82. The first-order chi connectivity index (χ1) is 8.39. The topological polar surface area (TPSA) is 59.2 Å². The Morgan fingerprint density at radius 3 is 2.33 bits per heavy atom. The smallest absolute Gasteiger partial charge is 0.232 e. The molecule has 1 N–H and O–H groups in total. The minimum Gasteiger partial charge on any atom is -0.396 e. The van der Waals surface area contributed by atoms with Gasteiger partial charge in [0.2, 0.25) is 5.89 Å². The number of nitrogens with zero attached hydrogens (tertiary/aromatic N) is 2. The van der Waals surface area contributed by atoms with Crippen LogP contribution in [0.5, 0.6) is 0 Å². The average molecular weight is 250 g/mol. The summed E-state index contributed by atoms with van der Waals surface area (Å²) >= 11 is 0. The molecule has 1 aromatic rings. The third-order valence-electron chi connectivity index (χ3n) is 4.87. The first-order valence-corrected chi connectivity index (χ1v) is 6.85. The van der Waals surface area contributed by atoms with Gasteiger partial charge in [0.1, 0.15) is 0 Å². The summed E-state index contributed by atoms with van der Waals surface area (Å²) in [6, 6.07) is 0. The highest BCUT2D eigenvalue weighted by Gasteiger charge is 2.57. The SMILES string of the molecule is CC(C)(C)c1noc(C23CCC(CO)(CC2)C3)n1. The zero-order valence-corrected chi connectivity index (χ0v) is 11.5. The molecule has 3 rings (SSSR count). The molecule has 2 aliphatic carbocycles. The molecular weight excluding hydrogens is 228 g/mol. The van der Waals surface area contributed by atoms with Crippen molar-refractivity contribution >= 4 is 0 Å². The summed E-state index contributed by atoms with van der Waals surface area (Å²) in [6.45, 7) is 6.59. The highest BCUT2D eigenvalue weighted by atomic mass is 16.5. The summed E-state index contributed by atoms with van der Waals surface area (Å²) < 4.78 is 5.54. The molecule has 2 bridgehead atoms. The molecule has 100 valence electrons. The van der Waals surface area contributed by atoms with Gasteiger partial charge in [0.25, 0.3) is 0 Å². The van der Waals surface area contributed by atoms with Crippen LogP contribution in [0.15, 0.2) is 4.52 Å². The van der Waals surface area contributed by atoms with E-state index in [9.17, 15) is 5.11 Å². The van der Waals surface area contributed by atoms with E-state index in [1.807, 2.05) is 0 Å². The van der Waals surface area contributed by atoms with Crippen molar-refractivity contribution in [3.8, 4) is 0 Å². The predicted molar refractivity (Wildman–Crippen MR) is 67.3 cm³/mol. The third kappa shape index (κ3) is 1.62. The largest absolute Gasteiger partial charge is 0.396 e. The monoisotopic (exact) mass is 250 g/mol. The van der Waals surface area contributed by atoms with E-state index < -0.39 is 0 Å². The zero-order valence-electron chi connectivity index (χ0n) is 11.5. The fourth-order valence-corrected chi connectivity index (χ4v) is 3.58. The first-order valence-electron chi connectivity index (χ1n) is 6.85. The van der Waals surface area contributed by atoms with E-state index >= 15 is 0 Å². The highest BCUT2D eigenvalue weighted by molar-refractivity contribution is 5.18. The maximum absolute atomic E-state index is 9.57. The number of aliphatic hydroxyl groups excluding tert-OH is 1. The number of hydrogen-bond donors (Lipinski definition) is 1. The normalized spacial score (nSPS) is 35.3. The van der Waals surface area contributed by atoms with Crippen LogP contribution in [0.3, 0.4) is 0 Å². The van der Waals surface area contributed by atoms with Crippen LogP contribution in [0, 0.1) is 5.41 Å². The summed E-state index contributed by atoms with van der Waals surface area (Å²) in [5, 5.41) is 13.7. The van der Waals surface area contributed by atoms with Crippen molar-refractivity contribution < 1.29 is 9.63 Å². The van der Waals surface area contributed by atoms with Crippen LogP contribution < -0.4 is 0 Å². The van der Waals surface area contributed by atoms with Gasteiger partial charge in [-0.2, -0.15) is 4.98 Å². The second kappa shape index (κ2) is 3.56. The summed E-state index contributed by atoms with van der Waals surface area (Å²) in [5.74, 6) is 1.60. The Hall–Kier alpha value is -0.900. The second-order valence-corrected chi connectivity index (χ2v) is 7.29. The van der Waals surface area contributed by atoms with Gasteiger partial charge in [-0.3, -0.25) is 0 Å². The molecule has 0 aliphatic heterocycles. The molecule has 4 nitrogen and oxygen atoms in total. The molecule has 0 aromatic carbocycles. The van der Waals surface area contributed by atoms with Crippen molar-refractivity contribution in [3.63, 3.8) is 0 Å². The maximum atomic E-state index is 9.57. The lowest BCUT2D eigenvalue weighted by Gasteiger charge is -2.24. The Kier molecular flexibility index (Phi) is 2.40. The Labute approximate surface area is 108 Å². The van der Waals surface area contributed by atoms with E-state index in [2.05, 4.69) is 30.9 Å². The molecule has 2 saturated carbocycles. The molecule has 0 saturated heterocycles. The summed E-state index contributed by atoms with van der Waals surface area (Å²) in [4.78, 5) is 4.64. The summed E-state index contributed by atoms with van der Waals surface area (Å²) in [7, 11) is 0. The summed E-state index contributed by atoms with van der Waals surface area (Å²) in [5.41, 5.74) is 0.124. The van der Waals surface area contributed by atoms with Crippen molar-refractivity contribution in [1.29, 1.82) is 0 Å². The third-order valence-corrected chi connectivity index (χ3v) is 4.87. The number of hydrogen-bond acceptors (Lipinski definition) is 4. The molecule has 0 spiro atoms. The molecular formula is C14H22N2O2. The molecule has 2 aliphatic rings. The van der Waals surface area contributed by atoms with Gasteiger partial charge in [0.15, 0.2) is 5.82 Å². The number of rotatable bonds is 2. The maximum Gasteiger partial charge on any atom is 0.232 e. The zero-order chi connectivity index (χ0) is 13.0. The number of aliphatic hydroxyl groups is 1. The number of aromatic nitrogens is 2. The van der Waals surface area contributed by atoms with E-state index in [1.165, 1.54) is 0 Å². The Morgan fingerprint density at radius 1 is 1.22 bits per heavy atom. The quantitative estimate of drug-likeness (QED) is 0.876. The van der Waals surface area contributed by atoms with Gasteiger partial charge in [0.05, 0.1) is 5.41 Å². The highest BCUT2D eigenvalue weighted by Crippen LogP contribution is 2.61. The fourth-order valence-electron chi connectivity index (χ4n) is 3.58. The molecule has 2 fully saturated rings. The first kappa shape index (κ1) is 12.2. The second-order valence-electron chi connectivity index (χ2n) is 7.29. The van der Waals surface area contributed by atoms with E-state index in [-0.39, 0.29) is 16.2 Å². The fraction of sp³-hybridized carbons (Fsp3) is 0.857. The number of fused-ring (bicyclic) bond motifs is 2. The van der Waals surface area contributed by atoms with Gasteiger partial charge in [-0.25, -0.2) is 0 Å². The lowest BCUT2D eigenvalue weighted by Crippen LogP contribution is -2.21. The molecule has 18 heavy (non-hydrogen) atoms. The van der Waals surface area contributed by atoms with Crippen molar-refractivity contribution in [2.75, 3.05) is 6.61 Å².